The van der Waals surface area contributed by atoms with Gasteiger partial charge in [-0.25, -0.2) is 0 Å². The Morgan fingerprint density at radius 1 is 0.738 bits per heavy atom. The first kappa shape index (κ1) is 27.9. The third-order valence-corrected chi connectivity index (χ3v) is 10.9. The van der Waals surface area contributed by atoms with Crippen LogP contribution >= 0.6 is 11.6 Å². The number of hydrogen-bond acceptors (Lipinski definition) is 4. The topological polar surface area (TPSA) is 30.0 Å². The van der Waals surface area contributed by atoms with E-state index < -0.39 is 0 Å². The van der Waals surface area contributed by atoms with Gasteiger partial charge in [0, 0.05) is 55.5 Å². The lowest BCUT2D eigenvalue weighted by Crippen LogP contribution is -2.57. The van der Waals surface area contributed by atoms with Gasteiger partial charge in [0.1, 0.15) is 0 Å². The van der Waals surface area contributed by atoms with E-state index in [0.717, 1.165) is 70.2 Å². The molecule has 2 bridgehead atoms. The van der Waals surface area contributed by atoms with E-state index in [4.69, 9.17) is 11.6 Å². The Bertz CT molecular complexity index is 1290. The van der Waals surface area contributed by atoms with Crippen LogP contribution in [-0.4, -0.2) is 85.0 Å². The lowest BCUT2D eigenvalue weighted by atomic mass is 9.61. The van der Waals surface area contributed by atoms with Crippen molar-refractivity contribution in [3.05, 3.63) is 101 Å². The quantitative estimate of drug-likeness (QED) is 0.350. The molecule has 5 aliphatic rings. The molecule has 220 valence electrons. The molecule has 1 saturated carbocycles. The van der Waals surface area contributed by atoms with Crippen LogP contribution in [0.4, 0.5) is 5.69 Å². The molecule has 8 rings (SSSR count). The third-order valence-electron chi connectivity index (χ3n) is 10.7. The summed E-state index contributed by atoms with van der Waals surface area (Å²) in [5.74, 6) is 1.63. The molecule has 0 N–H and O–H groups in total. The molecule has 0 spiro atoms. The van der Waals surface area contributed by atoms with Crippen LogP contribution in [0.25, 0.3) is 0 Å². The molecule has 4 aliphatic heterocycles. The van der Waals surface area contributed by atoms with Crippen LogP contribution in [0.2, 0.25) is 5.02 Å². The maximum absolute atomic E-state index is 14.2. The largest absolute Gasteiger partial charge is 0.369 e. The minimum Gasteiger partial charge on any atom is -0.369 e. The van der Waals surface area contributed by atoms with Crippen molar-refractivity contribution in [2.45, 2.75) is 43.1 Å². The summed E-state index contributed by atoms with van der Waals surface area (Å²) in [4.78, 5) is 24.1. The monoisotopic (exact) mass is 582 g/mol. The van der Waals surface area contributed by atoms with E-state index in [-0.39, 0.29) is 5.54 Å². The number of nitrogens with zero attached hydrogens (tertiary/aromatic N) is 4. The Labute approximate surface area is 256 Å². The molecule has 1 amide bonds. The number of carbonyl (C=O) groups excluding carboxylic acids is 1. The smallest absolute Gasteiger partial charge is 0.236 e. The van der Waals surface area contributed by atoms with Crippen LogP contribution in [-0.2, 0) is 4.79 Å². The summed E-state index contributed by atoms with van der Waals surface area (Å²) in [5, 5.41) is 0.769. The van der Waals surface area contributed by atoms with Crippen molar-refractivity contribution in [3.8, 4) is 0 Å². The molecule has 2 unspecified atom stereocenters. The van der Waals surface area contributed by atoms with E-state index in [2.05, 4.69) is 92.4 Å². The van der Waals surface area contributed by atoms with Gasteiger partial charge in [-0.1, -0.05) is 72.3 Å². The van der Waals surface area contributed by atoms with Gasteiger partial charge >= 0.3 is 0 Å². The zero-order chi connectivity index (χ0) is 28.5. The Kier molecular flexibility index (Phi) is 8.00. The number of piperazine rings is 1. The van der Waals surface area contributed by atoms with Crippen LogP contribution in [0.15, 0.2) is 84.9 Å². The van der Waals surface area contributed by atoms with E-state index in [9.17, 15) is 4.79 Å². The Hall–Kier alpha value is -2.86. The van der Waals surface area contributed by atoms with Gasteiger partial charge in [-0.2, -0.15) is 0 Å². The molecule has 42 heavy (non-hydrogen) atoms. The minimum atomic E-state index is 0.0213. The van der Waals surface area contributed by atoms with Gasteiger partial charge in [-0.05, 0) is 91.9 Å². The average molecular weight is 583 g/mol. The van der Waals surface area contributed by atoms with Gasteiger partial charge in [0.05, 0.1) is 6.54 Å². The Balaban J connectivity index is 1.14. The molecule has 0 aromatic heterocycles. The first-order valence-corrected chi connectivity index (χ1v) is 16.3. The van der Waals surface area contributed by atoms with E-state index in [1.54, 1.807) is 0 Å². The predicted octanol–water partition coefficient (Wildman–Crippen LogP) is 6.12. The first-order chi connectivity index (χ1) is 20.6. The number of amides is 1. The zero-order valence-electron chi connectivity index (χ0n) is 24.6. The summed E-state index contributed by atoms with van der Waals surface area (Å²) in [6.45, 7) is 8.21. The number of likely N-dealkylation sites (tertiary alicyclic amines) is 1. The van der Waals surface area contributed by atoms with Crippen molar-refractivity contribution in [1.82, 2.24) is 14.7 Å². The molecule has 0 radical (unpaired) electrons. The molecule has 4 saturated heterocycles. The lowest BCUT2D eigenvalue weighted by Gasteiger charge is -2.50. The lowest BCUT2D eigenvalue weighted by molar-refractivity contribution is -0.134. The van der Waals surface area contributed by atoms with E-state index in [1.165, 1.54) is 29.7 Å². The maximum atomic E-state index is 14.2. The summed E-state index contributed by atoms with van der Waals surface area (Å²) in [6.07, 6.45) is 4.83. The number of rotatable bonds is 6. The number of halogens is 1. The molecule has 5 fully saturated rings. The second kappa shape index (κ2) is 12.0. The van der Waals surface area contributed by atoms with Crippen molar-refractivity contribution < 1.29 is 4.79 Å². The fraction of sp³-hybridized carbons (Fsp3) is 0.472. The van der Waals surface area contributed by atoms with E-state index in [1.807, 2.05) is 12.1 Å². The normalized spacial score (nSPS) is 28.6. The number of hydrogen-bond donors (Lipinski definition) is 0. The first-order valence-electron chi connectivity index (χ1n) is 15.9. The fourth-order valence-corrected chi connectivity index (χ4v) is 8.65. The standard InChI is InChI=1S/C36H43ClN4O/c37-30-13-15-31(16-14-30)39-21-19-38(20-22-39)26-35(42)40-25-34-32(28-9-3-1-4-10-28)23-36(27-40,41-17-7-8-18-41)24-33(34)29-11-5-2-6-12-29/h1-6,9-16,32-34H,7-8,17-27H2. The van der Waals surface area contributed by atoms with E-state index >= 15 is 0 Å². The van der Waals surface area contributed by atoms with Gasteiger partial charge in [0.25, 0.3) is 0 Å². The summed E-state index contributed by atoms with van der Waals surface area (Å²) < 4.78 is 0. The van der Waals surface area contributed by atoms with Gasteiger partial charge < -0.3 is 9.80 Å². The van der Waals surface area contributed by atoms with Crippen LogP contribution in [0, 0.1) is 5.92 Å². The Morgan fingerprint density at radius 3 is 1.88 bits per heavy atom. The number of anilines is 1. The second-order valence-electron chi connectivity index (χ2n) is 13.0. The van der Waals surface area contributed by atoms with Crippen molar-refractivity contribution >= 4 is 23.2 Å². The van der Waals surface area contributed by atoms with Crippen LogP contribution in [0.5, 0.6) is 0 Å². The highest BCUT2D eigenvalue weighted by Gasteiger charge is 2.54. The Morgan fingerprint density at radius 2 is 1.31 bits per heavy atom. The predicted molar refractivity (Wildman–Crippen MR) is 171 cm³/mol. The van der Waals surface area contributed by atoms with Crippen LogP contribution in [0.3, 0.4) is 0 Å². The van der Waals surface area contributed by atoms with Crippen LogP contribution in [0.1, 0.15) is 48.6 Å². The summed E-state index contributed by atoms with van der Waals surface area (Å²) in [7, 11) is 0. The van der Waals surface area contributed by atoms with Crippen molar-refractivity contribution in [2.24, 2.45) is 5.92 Å². The number of benzene rings is 3. The third kappa shape index (κ3) is 5.59. The van der Waals surface area contributed by atoms with E-state index in [0.29, 0.717) is 30.2 Å². The summed E-state index contributed by atoms with van der Waals surface area (Å²) in [5.41, 5.74) is 4.12. The van der Waals surface area contributed by atoms with Gasteiger partial charge in [0.2, 0.25) is 5.91 Å². The fourth-order valence-electron chi connectivity index (χ4n) is 8.52. The van der Waals surface area contributed by atoms with Crippen molar-refractivity contribution in [2.75, 3.05) is 63.8 Å². The molecule has 3 aromatic rings. The number of fused-ring (bicyclic) bond motifs is 4. The van der Waals surface area contributed by atoms with Crippen molar-refractivity contribution in [3.63, 3.8) is 0 Å². The highest BCUT2D eigenvalue weighted by Crippen LogP contribution is 2.55. The molecule has 4 heterocycles. The highest BCUT2D eigenvalue weighted by atomic mass is 35.5. The zero-order valence-corrected chi connectivity index (χ0v) is 25.3. The highest BCUT2D eigenvalue weighted by molar-refractivity contribution is 6.30. The summed E-state index contributed by atoms with van der Waals surface area (Å²) >= 11 is 6.11. The van der Waals surface area contributed by atoms with Crippen LogP contribution < -0.4 is 4.90 Å². The number of carbonyl (C=O) groups is 1. The average Bonchev–Trinajstić information content (AvgIpc) is 3.47. The second-order valence-corrected chi connectivity index (χ2v) is 13.5. The van der Waals surface area contributed by atoms with Gasteiger partial charge in [-0.15, -0.1) is 0 Å². The molecule has 5 nitrogen and oxygen atoms in total. The molecule has 6 heteroatoms. The summed E-state index contributed by atoms with van der Waals surface area (Å²) in [6, 6.07) is 30.5. The van der Waals surface area contributed by atoms with Gasteiger partial charge in [0.15, 0.2) is 0 Å². The molecule has 3 aromatic carbocycles. The van der Waals surface area contributed by atoms with Crippen molar-refractivity contribution in [1.29, 1.82) is 0 Å². The minimum absolute atomic E-state index is 0.0213. The SMILES string of the molecule is O=C(CN1CCN(c2ccc(Cl)cc2)CC1)N1CC2C(c3ccccc3)CC(N3CCCC3)(CC2c2ccccc2)C1. The molecular weight excluding hydrogens is 540 g/mol. The molecular formula is C36H43ClN4O. The maximum Gasteiger partial charge on any atom is 0.236 e. The van der Waals surface area contributed by atoms with Gasteiger partial charge in [-0.3, -0.25) is 14.6 Å². The molecule has 2 atom stereocenters. The molecule has 1 aliphatic carbocycles.